The summed E-state index contributed by atoms with van der Waals surface area (Å²) in [6, 6.07) is 5.90. The van der Waals surface area contributed by atoms with Crippen LogP contribution in [0.25, 0.3) is 0 Å². The molecule has 2 saturated heterocycles. The topological polar surface area (TPSA) is 31.4 Å². The number of hydrogen-bond donors (Lipinski definition) is 0. The van der Waals surface area contributed by atoms with Crippen molar-refractivity contribution in [1.82, 2.24) is 4.98 Å². The minimum atomic E-state index is 0.383. The summed E-state index contributed by atoms with van der Waals surface area (Å²) in [5.41, 5.74) is 1.39. The first-order valence-electron chi connectivity index (χ1n) is 5.94. The van der Waals surface area contributed by atoms with E-state index in [1.165, 1.54) is 12.8 Å². The second-order valence-corrected chi connectivity index (χ2v) is 5.06. The summed E-state index contributed by atoms with van der Waals surface area (Å²) in [7, 11) is 0. The fraction of sp³-hybridized carbons (Fsp3) is 0.615. The van der Waals surface area contributed by atoms with Gasteiger partial charge in [-0.05, 0) is 32.3 Å². The van der Waals surface area contributed by atoms with Crippen LogP contribution in [0.2, 0.25) is 0 Å². The molecule has 0 N–H and O–H groups in total. The molecule has 0 radical (unpaired) electrons. The summed E-state index contributed by atoms with van der Waals surface area (Å²) in [5.74, 6) is 0.754. The Hall–Kier alpha value is -1.09. The van der Waals surface area contributed by atoms with Gasteiger partial charge in [0.25, 0.3) is 0 Å². The average molecular weight is 219 g/mol. The molecule has 86 valence electrons. The number of aryl methyl sites for hydroxylation is 1. The monoisotopic (exact) mass is 219 g/mol. The van der Waals surface area contributed by atoms with Crippen molar-refractivity contribution in [2.45, 2.75) is 32.3 Å². The molecule has 3 heterocycles. The highest BCUT2D eigenvalue weighted by atomic mass is 16.5. The van der Waals surface area contributed by atoms with Crippen LogP contribution in [0.4, 0.5) is 0 Å². The Morgan fingerprint density at radius 1 is 1.50 bits per heavy atom. The van der Waals surface area contributed by atoms with Crippen LogP contribution in [0.5, 0.6) is 5.88 Å². The molecule has 4 rings (SSSR count). The van der Waals surface area contributed by atoms with E-state index in [4.69, 9.17) is 9.47 Å². The van der Waals surface area contributed by atoms with Crippen molar-refractivity contribution in [3.05, 3.63) is 23.9 Å². The van der Waals surface area contributed by atoms with Crippen LogP contribution in [0.3, 0.4) is 0 Å². The largest absolute Gasteiger partial charge is 0.477 e. The highest BCUT2D eigenvalue weighted by Gasteiger charge is 2.48. The lowest BCUT2D eigenvalue weighted by molar-refractivity contribution is -0.160. The fourth-order valence-corrected chi connectivity index (χ4v) is 2.69. The number of pyridine rings is 1. The highest BCUT2D eigenvalue weighted by molar-refractivity contribution is 5.15. The first kappa shape index (κ1) is 10.1. The van der Waals surface area contributed by atoms with Gasteiger partial charge in [-0.2, -0.15) is 0 Å². The van der Waals surface area contributed by atoms with Crippen LogP contribution in [-0.4, -0.2) is 24.3 Å². The zero-order chi connectivity index (χ0) is 11.0. The predicted molar refractivity (Wildman–Crippen MR) is 60.5 cm³/mol. The van der Waals surface area contributed by atoms with Crippen LogP contribution < -0.4 is 4.74 Å². The Labute approximate surface area is 95.8 Å². The van der Waals surface area contributed by atoms with E-state index in [0.717, 1.165) is 31.2 Å². The van der Waals surface area contributed by atoms with Crippen molar-refractivity contribution in [2.75, 3.05) is 13.2 Å². The van der Waals surface area contributed by atoms with E-state index in [-0.39, 0.29) is 0 Å². The van der Waals surface area contributed by atoms with E-state index < -0.39 is 0 Å². The van der Waals surface area contributed by atoms with Crippen LogP contribution in [0.1, 0.15) is 25.0 Å². The second-order valence-electron chi connectivity index (χ2n) is 5.06. The highest BCUT2D eigenvalue weighted by Crippen LogP contribution is 2.49. The van der Waals surface area contributed by atoms with Crippen molar-refractivity contribution in [3.8, 4) is 5.88 Å². The van der Waals surface area contributed by atoms with E-state index in [9.17, 15) is 0 Å². The molecule has 0 spiro atoms. The number of ether oxygens (including phenoxy) is 2. The molecular weight excluding hydrogens is 202 g/mol. The molecule has 0 amide bonds. The van der Waals surface area contributed by atoms with Crippen LogP contribution in [0.15, 0.2) is 18.2 Å². The molecule has 0 atom stereocenters. The van der Waals surface area contributed by atoms with Gasteiger partial charge in [0.05, 0.1) is 12.7 Å². The van der Waals surface area contributed by atoms with Gasteiger partial charge in [0.1, 0.15) is 0 Å². The maximum atomic E-state index is 5.80. The molecule has 3 aliphatic rings. The van der Waals surface area contributed by atoms with E-state index >= 15 is 0 Å². The smallest absolute Gasteiger partial charge is 0.213 e. The summed E-state index contributed by atoms with van der Waals surface area (Å²) >= 11 is 0. The Morgan fingerprint density at radius 2 is 2.38 bits per heavy atom. The van der Waals surface area contributed by atoms with Gasteiger partial charge < -0.3 is 9.47 Å². The summed E-state index contributed by atoms with van der Waals surface area (Å²) < 4.78 is 11.4. The van der Waals surface area contributed by atoms with Gasteiger partial charge in [-0.3, -0.25) is 0 Å². The first-order valence-corrected chi connectivity index (χ1v) is 5.94. The van der Waals surface area contributed by atoms with Crippen molar-refractivity contribution in [3.63, 3.8) is 0 Å². The van der Waals surface area contributed by atoms with E-state index in [0.29, 0.717) is 11.5 Å². The van der Waals surface area contributed by atoms with Gasteiger partial charge in [-0.15, -0.1) is 0 Å². The number of aromatic nitrogens is 1. The van der Waals surface area contributed by atoms with Crippen LogP contribution in [0, 0.1) is 12.3 Å². The number of fused-ring (bicyclic) bond motifs is 2. The molecule has 3 fully saturated rings. The summed E-state index contributed by atoms with van der Waals surface area (Å²) in [6.07, 6.45) is 3.97. The first-order chi connectivity index (χ1) is 7.76. The molecule has 3 heteroatoms. The Bertz CT molecular complexity index is 380. The van der Waals surface area contributed by atoms with E-state index in [1.807, 2.05) is 25.1 Å². The molecule has 16 heavy (non-hydrogen) atoms. The zero-order valence-electron chi connectivity index (χ0n) is 9.61. The molecule has 2 aliphatic heterocycles. The quantitative estimate of drug-likeness (QED) is 0.782. The summed E-state index contributed by atoms with van der Waals surface area (Å²) in [4.78, 5) is 4.35. The van der Waals surface area contributed by atoms with Gasteiger partial charge in [-0.25, -0.2) is 4.98 Å². The molecule has 0 aromatic carbocycles. The molecule has 1 saturated carbocycles. The van der Waals surface area contributed by atoms with Crippen LogP contribution >= 0.6 is 0 Å². The normalized spacial score (nSPS) is 31.9. The average Bonchev–Trinajstić information content (AvgIpc) is 2.26. The SMILES string of the molecule is Cc1cccc(OCC23CCOC(C2)C3)n1. The third-order valence-corrected chi connectivity index (χ3v) is 3.70. The van der Waals surface area contributed by atoms with Gasteiger partial charge in [-0.1, -0.05) is 6.07 Å². The lowest BCUT2D eigenvalue weighted by Gasteiger charge is -2.51. The Kier molecular flexibility index (Phi) is 2.36. The molecule has 1 aromatic heterocycles. The molecule has 3 nitrogen and oxygen atoms in total. The predicted octanol–water partition coefficient (Wildman–Crippen LogP) is 2.34. The summed E-state index contributed by atoms with van der Waals surface area (Å²) in [6.45, 7) is 3.68. The minimum Gasteiger partial charge on any atom is -0.477 e. The van der Waals surface area contributed by atoms with Crippen molar-refractivity contribution >= 4 is 0 Å². The molecule has 0 unspecified atom stereocenters. The van der Waals surface area contributed by atoms with Crippen molar-refractivity contribution in [1.29, 1.82) is 0 Å². The van der Waals surface area contributed by atoms with Gasteiger partial charge in [0.2, 0.25) is 5.88 Å². The number of hydrogen-bond acceptors (Lipinski definition) is 3. The number of nitrogens with zero attached hydrogens (tertiary/aromatic N) is 1. The van der Waals surface area contributed by atoms with Gasteiger partial charge >= 0.3 is 0 Å². The number of rotatable bonds is 3. The molecule has 1 aromatic rings. The zero-order valence-corrected chi connectivity index (χ0v) is 9.61. The van der Waals surface area contributed by atoms with E-state index in [2.05, 4.69) is 4.98 Å². The lowest BCUT2D eigenvalue weighted by Crippen LogP contribution is -2.51. The van der Waals surface area contributed by atoms with Gasteiger partial charge in [0, 0.05) is 23.8 Å². The standard InChI is InChI=1S/C13H17NO2/c1-10-3-2-4-12(14-10)16-9-13-5-6-15-11(7-13)8-13/h2-4,11H,5-9H2,1H3. The lowest BCUT2D eigenvalue weighted by atomic mass is 9.63. The molecule has 1 aliphatic carbocycles. The fourth-order valence-electron chi connectivity index (χ4n) is 2.69. The summed E-state index contributed by atoms with van der Waals surface area (Å²) in [5, 5.41) is 0. The van der Waals surface area contributed by atoms with Crippen LogP contribution in [-0.2, 0) is 4.74 Å². The molecule has 2 bridgehead atoms. The van der Waals surface area contributed by atoms with Gasteiger partial charge in [0.15, 0.2) is 0 Å². The Balaban J connectivity index is 1.60. The van der Waals surface area contributed by atoms with Crippen molar-refractivity contribution < 1.29 is 9.47 Å². The third-order valence-electron chi connectivity index (χ3n) is 3.70. The van der Waals surface area contributed by atoms with E-state index in [1.54, 1.807) is 0 Å². The molecular formula is C13H17NO2. The maximum absolute atomic E-state index is 5.80. The minimum absolute atomic E-state index is 0.383. The Morgan fingerprint density at radius 3 is 3.06 bits per heavy atom. The third kappa shape index (κ3) is 1.80. The second kappa shape index (κ2) is 3.74. The van der Waals surface area contributed by atoms with Crippen molar-refractivity contribution in [2.24, 2.45) is 5.41 Å². The maximum Gasteiger partial charge on any atom is 0.213 e.